The highest BCUT2D eigenvalue weighted by molar-refractivity contribution is 7.98. The van der Waals surface area contributed by atoms with Crippen LogP contribution < -0.4 is 10.6 Å². The Kier molecular flexibility index (Phi) is 7.72. The number of rotatable bonds is 8. The van der Waals surface area contributed by atoms with Gasteiger partial charge in [0.05, 0.1) is 6.07 Å². The number of nitrogens with one attached hydrogen (secondary N) is 2. The molecule has 0 aliphatic heterocycles. The Morgan fingerprint density at radius 2 is 1.92 bits per heavy atom. The van der Waals surface area contributed by atoms with Crippen molar-refractivity contribution in [3.05, 3.63) is 71.3 Å². The Morgan fingerprint density at radius 3 is 2.62 bits per heavy atom. The van der Waals surface area contributed by atoms with Gasteiger partial charge in [0.2, 0.25) is 5.91 Å². The number of carbonyl (C=O) groups is 2. The van der Waals surface area contributed by atoms with E-state index in [9.17, 15) is 9.59 Å². The van der Waals surface area contributed by atoms with E-state index in [1.54, 1.807) is 36.0 Å². The lowest BCUT2D eigenvalue weighted by molar-refractivity contribution is -0.122. The molecule has 6 heteroatoms. The number of hydrogen-bond donors (Lipinski definition) is 2. The fraction of sp³-hybridized carbons (Fsp3) is 0.250. The maximum atomic E-state index is 12.3. The Labute approximate surface area is 157 Å². The normalized spacial score (nSPS) is 11.2. The summed E-state index contributed by atoms with van der Waals surface area (Å²) >= 11 is 1.56. The summed E-state index contributed by atoms with van der Waals surface area (Å²) in [6.07, 6.45) is 0. The lowest BCUT2D eigenvalue weighted by atomic mass is 10.2. The van der Waals surface area contributed by atoms with Crippen LogP contribution in [-0.2, 0) is 10.5 Å². The topological polar surface area (TPSA) is 82.0 Å². The molecule has 0 radical (unpaired) electrons. The fourth-order valence-electron chi connectivity index (χ4n) is 2.36. The average molecular weight is 367 g/mol. The molecule has 5 nitrogen and oxygen atoms in total. The zero-order valence-corrected chi connectivity index (χ0v) is 15.4. The molecule has 0 spiro atoms. The predicted molar refractivity (Wildman–Crippen MR) is 104 cm³/mol. The third kappa shape index (κ3) is 6.26. The lowest BCUT2D eigenvalue weighted by Gasteiger charge is -2.17. The van der Waals surface area contributed by atoms with E-state index in [-0.39, 0.29) is 18.4 Å². The van der Waals surface area contributed by atoms with E-state index >= 15 is 0 Å². The van der Waals surface area contributed by atoms with Gasteiger partial charge in [0, 0.05) is 17.1 Å². The van der Waals surface area contributed by atoms with E-state index < -0.39 is 6.04 Å². The fourth-order valence-corrected chi connectivity index (χ4v) is 3.36. The molecule has 2 amide bonds. The number of amides is 2. The zero-order chi connectivity index (χ0) is 18.8. The van der Waals surface area contributed by atoms with E-state index in [1.165, 1.54) is 11.1 Å². The summed E-state index contributed by atoms with van der Waals surface area (Å²) in [4.78, 5) is 24.6. The van der Waals surface area contributed by atoms with Gasteiger partial charge in [-0.15, -0.1) is 0 Å². The van der Waals surface area contributed by atoms with Crippen LogP contribution in [0.4, 0.5) is 0 Å². The lowest BCUT2D eigenvalue weighted by Crippen LogP contribution is -2.48. The van der Waals surface area contributed by atoms with Gasteiger partial charge in [-0.25, -0.2) is 0 Å². The van der Waals surface area contributed by atoms with Crippen LogP contribution in [0, 0.1) is 18.3 Å². The second-order valence-electron chi connectivity index (χ2n) is 5.77. The molecular formula is C20H21N3O2S. The van der Waals surface area contributed by atoms with Crippen LogP contribution in [0.3, 0.4) is 0 Å². The van der Waals surface area contributed by atoms with Gasteiger partial charge in [0.1, 0.15) is 12.6 Å². The second-order valence-corrected chi connectivity index (χ2v) is 6.80. The molecule has 26 heavy (non-hydrogen) atoms. The first-order valence-corrected chi connectivity index (χ1v) is 9.39. The average Bonchev–Trinajstić information content (AvgIpc) is 2.66. The molecule has 0 aliphatic rings. The summed E-state index contributed by atoms with van der Waals surface area (Å²) in [6, 6.07) is 18.1. The molecular weight excluding hydrogens is 346 g/mol. The van der Waals surface area contributed by atoms with Crippen LogP contribution in [0.15, 0.2) is 54.6 Å². The quantitative estimate of drug-likeness (QED) is 0.703. The first-order valence-electron chi connectivity index (χ1n) is 8.24. The summed E-state index contributed by atoms with van der Waals surface area (Å²) in [6.45, 7) is 1.95. The van der Waals surface area contributed by atoms with Gasteiger partial charge in [-0.3, -0.25) is 9.59 Å². The van der Waals surface area contributed by atoms with Gasteiger partial charge < -0.3 is 10.6 Å². The van der Waals surface area contributed by atoms with Crippen molar-refractivity contribution in [3.63, 3.8) is 0 Å². The molecule has 2 N–H and O–H groups in total. The molecule has 1 unspecified atom stereocenters. The largest absolute Gasteiger partial charge is 0.341 e. The van der Waals surface area contributed by atoms with Crippen molar-refractivity contribution >= 4 is 23.6 Å². The van der Waals surface area contributed by atoms with E-state index in [0.717, 1.165) is 5.75 Å². The first kappa shape index (κ1) is 19.5. The van der Waals surface area contributed by atoms with Crippen LogP contribution in [0.5, 0.6) is 0 Å². The molecule has 2 aromatic rings. The number of hydrogen-bond acceptors (Lipinski definition) is 4. The van der Waals surface area contributed by atoms with Crippen molar-refractivity contribution in [1.29, 1.82) is 5.26 Å². The Balaban J connectivity index is 1.97. The van der Waals surface area contributed by atoms with E-state index in [1.807, 2.05) is 37.3 Å². The number of carbonyl (C=O) groups excluding carboxylic acids is 2. The van der Waals surface area contributed by atoms with Crippen molar-refractivity contribution in [2.75, 3.05) is 12.3 Å². The zero-order valence-electron chi connectivity index (χ0n) is 14.6. The molecule has 0 aliphatic carbocycles. The monoisotopic (exact) mass is 367 g/mol. The van der Waals surface area contributed by atoms with Crippen molar-refractivity contribution < 1.29 is 9.59 Å². The molecule has 0 saturated heterocycles. The Bertz CT molecular complexity index is 787. The van der Waals surface area contributed by atoms with Crippen LogP contribution in [0.25, 0.3) is 0 Å². The van der Waals surface area contributed by atoms with Gasteiger partial charge in [0.25, 0.3) is 5.91 Å². The van der Waals surface area contributed by atoms with Gasteiger partial charge in [-0.1, -0.05) is 48.0 Å². The van der Waals surface area contributed by atoms with Crippen LogP contribution >= 0.6 is 11.8 Å². The minimum absolute atomic E-state index is 0.0842. The summed E-state index contributed by atoms with van der Waals surface area (Å²) in [5, 5.41) is 13.9. The standard InChI is InChI=1S/C20H21N3O2S/c1-15-6-5-7-16(12-15)13-26-14-18(20(25)22-11-10-21)23-19(24)17-8-3-2-4-9-17/h2-9,12,18H,11,13-14H2,1H3,(H,22,25)(H,23,24). The molecule has 0 heterocycles. The van der Waals surface area contributed by atoms with Gasteiger partial charge >= 0.3 is 0 Å². The van der Waals surface area contributed by atoms with Crippen LogP contribution in [-0.4, -0.2) is 30.2 Å². The molecule has 0 fully saturated rings. The van der Waals surface area contributed by atoms with Crippen molar-refractivity contribution in [1.82, 2.24) is 10.6 Å². The van der Waals surface area contributed by atoms with Crippen LogP contribution in [0.2, 0.25) is 0 Å². The SMILES string of the molecule is Cc1cccc(CSCC(NC(=O)c2ccccc2)C(=O)NCC#N)c1. The molecule has 1 atom stereocenters. The van der Waals surface area contributed by atoms with Crippen LogP contribution in [0.1, 0.15) is 21.5 Å². The van der Waals surface area contributed by atoms with Gasteiger partial charge in [-0.2, -0.15) is 17.0 Å². The minimum atomic E-state index is -0.703. The predicted octanol–water partition coefficient (Wildman–Crippen LogP) is 2.67. The molecule has 0 bridgehead atoms. The highest BCUT2D eigenvalue weighted by Crippen LogP contribution is 2.15. The molecule has 2 aromatic carbocycles. The molecule has 2 rings (SSSR count). The summed E-state index contributed by atoms with van der Waals surface area (Å²) in [5.74, 6) is 0.501. The number of thioether (sulfide) groups is 1. The number of benzene rings is 2. The second kappa shape index (κ2) is 10.3. The number of aryl methyl sites for hydroxylation is 1. The van der Waals surface area contributed by atoms with Crippen molar-refractivity contribution in [2.45, 2.75) is 18.7 Å². The van der Waals surface area contributed by atoms with E-state index in [0.29, 0.717) is 11.3 Å². The maximum absolute atomic E-state index is 12.3. The highest BCUT2D eigenvalue weighted by Gasteiger charge is 2.21. The summed E-state index contributed by atoms with van der Waals surface area (Å²) in [7, 11) is 0. The van der Waals surface area contributed by atoms with Crippen molar-refractivity contribution in [2.24, 2.45) is 0 Å². The maximum Gasteiger partial charge on any atom is 0.251 e. The third-order valence-corrected chi connectivity index (χ3v) is 4.74. The molecule has 0 aromatic heterocycles. The molecule has 0 saturated carbocycles. The van der Waals surface area contributed by atoms with E-state index in [2.05, 4.69) is 16.7 Å². The van der Waals surface area contributed by atoms with Crippen molar-refractivity contribution in [3.8, 4) is 6.07 Å². The number of nitrogens with zero attached hydrogens (tertiary/aromatic N) is 1. The van der Waals surface area contributed by atoms with E-state index in [4.69, 9.17) is 5.26 Å². The van der Waals surface area contributed by atoms with Gasteiger partial charge in [0.15, 0.2) is 0 Å². The molecule has 134 valence electrons. The highest BCUT2D eigenvalue weighted by atomic mass is 32.2. The summed E-state index contributed by atoms with van der Waals surface area (Å²) in [5.41, 5.74) is 2.85. The summed E-state index contributed by atoms with van der Waals surface area (Å²) < 4.78 is 0. The third-order valence-electron chi connectivity index (χ3n) is 3.64. The first-order chi connectivity index (χ1) is 12.6. The minimum Gasteiger partial charge on any atom is -0.341 e. The van der Waals surface area contributed by atoms with Gasteiger partial charge in [-0.05, 0) is 24.6 Å². The Hall–Kier alpha value is -2.78. The smallest absolute Gasteiger partial charge is 0.251 e. The Morgan fingerprint density at radius 1 is 1.15 bits per heavy atom. The number of nitriles is 1.